The molecule has 1 aromatic heterocycles. The van der Waals surface area contributed by atoms with Crippen molar-refractivity contribution in [3.8, 4) is 11.5 Å². The molecule has 0 bridgehead atoms. The number of hydrogen-bond donors (Lipinski definition) is 0. The Morgan fingerprint density at radius 2 is 1.78 bits per heavy atom. The monoisotopic (exact) mass is 359 g/mol. The van der Waals surface area contributed by atoms with E-state index < -0.39 is 5.97 Å². The average Bonchev–Trinajstić information content (AvgIpc) is 2.69. The highest BCUT2D eigenvalue weighted by Gasteiger charge is 2.08. The van der Waals surface area contributed by atoms with Gasteiger partial charge in [0.05, 0.1) is 5.69 Å². The standard InChI is InChI=1S/C23H21NO3/c1-17-6-5-8-22(18(17)2)26-16-23(25)27-21-13-10-19(11-14-21)9-12-20-7-3-4-15-24-20/h3-15H,16H2,1-2H3/b12-9+. The molecule has 0 unspecified atom stereocenters. The van der Waals surface area contributed by atoms with Crippen LogP contribution in [0.25, 0.3) is 12.2 Å². The molecule has 4 heteroatoms. The Morgan fingerprint density at radius 1 is 0.963 bits per heavy atom. The van der Waals surface area contributed by atoms with Crippen LogP contribution in [0.3, 0.4) is 0 Å². The number of esters is 1. The van der Waals surface area contributed by atoms with Crippen molar-refractivity contribution < 1.29 is 14.3 Å². The second-order valence-corrected chi connectivity index (χ2v) is 6.12. The molecule has 0 spiro atoms. The van der Waals surface area contributed by atoms with Gasteiger partial charge in [0.15, 0.2) is 6.61 Å². The first-order valence-electron chi connectivity index (χ1n) is 8.71. The quantitative estimate of drug-likeness (QED) is 0.466. The Balaban J connectivity index is 1.54. The zero-order valence-electron chi connectivity index (χ0n) is 15.4. The van der Waals surface area contributed by atoms with Crippen molar-refractivity contribution in [2.45, 2.75) is 13.8 Å². The van der Waals surface area contributed by atoms with Gasteiger partial charge in [0.2, 0.25) is 0 Å². The second-order valence-electron chi connectivity index (χ2n) is 6.12. The number of aromatic nitrogens is 1. The summed E-state index contributed by atoms with van der Waals surface area (Å²) in [6.45, 7) is 3.84. The van der Waals surface area contributed by atoms with Crippen LogP contribution in [0.5, 0.6) is 11.5 Å². The molecule has 1 heterocycles. The minimum absolute atomic E-state index is 0.133. The zero-order chi connectivity index (χ0) is 19.1. The lowest BCUT2D eigenvalue weighted by molar-refractivity contribution is -0.136. The summed E-state index contributed by atoms with van der Waals surface area (Å²) in [5.41, 5.74) is 4.02. The molecule has 0 aliphatic rings. The average molecular weight is 359 g/mol. The molecule has 4 nitrogen and oxygen atoms in total. The molecule has 0 amide bonds. The summed E-state index contributed by atoms with van der Waals surface area (Å²) in [6.07, 6.45) is 5.64. The minimum atomic E-state index is -0.437. The SMILES string of the molecule is Cc1cccc(OCC(=O)Oc2ccc(/C=C/c3ccccn3)cc2)c1C. The van der Waals surface area contributed by atoms with Gasteiger partial charge in [-0.2, -0.15) is 0 Å². The number of carbonyl (C=O) groups is 1. The van der Waals surface area contributed by atoms with Crippen LogP contribution in [0.4, 0.5) is 0 Å². The van der Waals surface area contributed by atoms with Gasteiger partial charge < -0.3 is 9.47 Å². The summed E-state index contributed by atoms with van der Waals surface area (Å²) < 4.78 is 10.9. The number of rotatable bonds is 6. The summed E-state index contributed by atoms with van der Waals surface area (Å²) in [5, 5.41) is 0. The van der Waals surface area contributed by atoms with E-state index >= 15 is 0 Å². The highest BCUT2D eigenvalue weighted by Crippen LogP contribution is 2.20. The molecule has 0 atom stereocenters. The van der Waals surface area contributed by atoms with E-state index in [2.05, 4.69) is 4.98 Å². The Bertz CT molecular complexity index is 932. The highest BCUT2D eigenvalue weighted by molar-refractivity contribution is 5.74. The fourth-order valence-electron chi connectivity index (χ4n) is 2.48. The van der Waals surface area contributed by atoms with E-state index in [4.69, 9.17) is 9.47 Å². The maximum Gasteiger partial charge on any atom is 0.349 e. The van der Waals surface area contributed by atoms with Gasteiger partial charge in [-0.15, -0.1) is 0 Å². The topological polar surface area (TPSA) is 48.4 Å². The zero-order valence-corrected chi connectivity index (χ0v) is 15.4. The van der Waals surface area contributed by atoms with Crippen molar-refractivity contribution in [3.63, 3.8) is 0 Å². The lowest BCUT2D eigenvalue weighted by atomic mass is 10.1. The number of hydrogen-bond acceptors (Lipinski definition) is 4. The van der Waals surface area contributed by atoms with E-state index in [1.165, 1.54) is 0 Å². The van der Waals surface area contributed by atoms with Gasteiger partial charge in [0, 0.05) is 6.20 Å². The lowest BCUT2D eigenvalue weighted by Gasteiger charge is -2.10. The minimum Gasteiger partial charge on any atom is -0.482 e. The van der Waals surface area contributed by atoms with E-state index in [0.717, 1.165) is 22.4 Å². The fourth-order valence-corrected chi connectivity index (χ4v) is 2.48. The van der Waals surface area contributed by atoms with Crippen LogP contribution in [0, 0.1) is 13.8 Å². The third kappa shape index (κ3) is 5.28. The molecular formula is C23H21NO3. The van der Waals surface area contributed by atoms with E-state index in [1.54, 1.807) is 18.3 Å². The van der Waals surface area contributed by atoms with E-state index in [9.17, 15) is 4.79 Å². The second kappa shape index (κ2) is 8.81. The van der Waals surface area contributed by atoms with Gasteiger partial charge in [0.1, 0.15) is 11.5 Å². The number of carbonyl (C=O) groups excluding carboxylic acids is 1. The van der Waals surface area contributed by atoms with Crippen LogP contribution in [-0.4, -0.2) is 17.6 Å². The van der Waals surface area contributed by atoms with Crippen LogP contribution in [0.1, 0.15) is 22.4 Å². The molecule has 3 aromatic rings. The summed E-state index contributed by atoms with van der Waals surface area (Å²) in [7, 11) is 0. The molecule has 0 aliphatic carbocycles. The van der Waals surface area contributed by atoms with Crippen LogP contribution in [-0.2, 0) is 4.79 Å². The Labute approximate surface area is 159 Å². The van der Waals surface area contributed by atoms with Crippen molar-refractivity contribution in [2.75, 3.05) is 6.61 Å². The molecule has 27 heavy (non-hydrogen) atoms. The molecule has 0 aliphatic heterocycles. The lowest BCUT2D eigenvalue weighted by Crippen LogP contribution is -2.18. The van der Waals surface area contributed by atoms with E-state index in [1.807, 2.05) is 74.5 Å². The number of ether oxygens (including phenoxy) is 2. The summed E-state index contributed by atoms with van der Waals surface area (Å²) >= 11 is 0. The Morgan fingerprint density at radius 3 is 2.52 bits per heavy atom. The van der Waals surface area contributed by atoms with Gasteiger partial charge in [-0.05, 0) is 66.9 Å². The Kier molecular flexibility index (Phi) is 6.00. The molecule has 3 rings (SSSR count). The van der Waals surface area contributed by atoms with Gasteiger partial charge in [-0.3, -0.25) is 4.98 Å². The number of nitrogens with zero attached hydrogens (tertiary/aromatic N) is 1. The third-order valence-electron chi connectivity index (χ3n) is 4.15. The van der Waals surface area contributed by atoms with Crippen LogP contribution in [0.2, 0.25) is 0 Å². The van der Waals surface area contributed by atoms with Crippen molar-refractivity contribution in [1.82, 2.24) is 4.98 Å². The summed E-state index contributed by atoms with van der Waals surface area (Å²) in [6, 6.07) is 18.8. The smallest absolute Gasteiger partial charge is 0.349 e. The van der Waals surface area contributed by atoms with Crippen molar-refractivity contribution >= 4 is 18.1 Å². The molecule has 136 valence electrons. The van der Waals surface area contributed by atoms with Crippen LogP contribution in [0.15, 0.2) is 66.9 Å². The first-order valence-corrected chi connectivity index (χ1v) is 8.71. The molecule has 0 saturated heterocycles. The van der Waals surface area contributed by atoms with Crippen LogP contribution < -0.4 is 9.47 Å². The van der Waals surface area contributed by atoms with Gasteiger partial charge >= 0.3 is 5.97 Å². The predicted molar refractivity (Wildman–Crippen MR) is 107 cm³/mol. The molecule has 0 fully saturated rings. The van der Waals surface area contributed by atoms with Crippen molar-refractivity contribution in [1.29, 1.82) is 0 Å². The first-order chi connectivity index (χ1) is 13.1. The maximum atomic E-state index is 12.0. The van der Waals surface area contributed by atoms with Gasteiger partial charge in [-0.1, -0.05) is 36.4 Å². The fraction of sp³-hybridized carbons (Fsp3) is 0.130. The third-order valence-corrected chi connectivity index (χ3v) is 4.15. The van der Waals surface area contributed by atoms with Gasteiger partial charge in [0.25, 0.3) is 0 Å². The predicted octanol–water partition coefficient (Wildman–Crippen LogP) is 4.85. The normalized spacial score (nSPS) is 10.7. The maximum absolute atomic E-state index is 12.0. The van der Waals surface area contributed by atoms with Gasteiger partial charge in [-0.25, -0.2) is 4.79 Å². The van der Waals surface area contributed by atoms with Crippen LogP contribution >= 0.6 is 0 Å². The van der Waals surface area contributed by atoms with E-state index in [0.29, 0.717) is 11.5 Å². The molecule has 0 N–H and O–H groups in total. The molecule has 2 aromatic carbocycles. The Hall–Kier alpha value is -3.40. The molecular weight excluding hydrogens is 338 g/mol. The number of aryl methyl sites for hydroxylation is 1. The summed E-state index contributed by atoms with van der Waals surface area (Å²) in [5.74, 6) is 0.745. The first kappa shape index (κ1) is 18.4. The number of pyridine rings is 1. The van der Waals surface area contributed by atoms with E-state index in [-0.39, 0.29) is 6.61 Å². The van der Waals surface area contributed by atoms with Crippen molar-refractivity contribution in [3.05, 3.63) is 89.2 Å². The number of benzene rings is 2. The largest absolute Gasteiger partial charge is 0.482 e. The van der Waals surface area contributed by atoms with Crippen molar-refractivity contribution in [2.24, 2.45) is 0 Å². The highest BCUT2D eigenvalue weighted by atomic mass is 16.6. The molecule has 0 saturated carbocycles. The summed E-state index contributed by atoms with van der Waals surface area (Å²) in [4.78, 5) is 16.2. The molecule has 0 radical (unpaired) electrons.